The number of hydrogen-bond donors (Lipinski definition) is 1. The van der Waals surface area contributed by atoms with Gasteiger partial charge >= 0.3 is 0 Å². The molecular formula is C13H25N. The molecule has 2 saturated carbocycles. The van der Waals surface area contributed by atoms with Crippen LogP contribution in [0, 0.1) is 17.8 Å². The molecule has 0 bridgehead atoms. The maximum atomic E-state index is 6.25. The summed E-state index contributed by atoms with van der Waals surface area (Å²) in [4.78, 5) is 0. The van der Waals surface area contributed by atoms with Gasteiger partial charge in [-0.2, -0.15) is 0 Å². The molecule has 0 aromatic rings. The Kier molecular flexibility index (Phi) is 3.48. The average molecular weight is 195 g/mol. The van der Waals surface area contributed by atoms with E-state index in [-0.39, 0.29) is 0 Å². The van der Waals surface area contributed by atoms with E-state index in [2.05, 4.69) is 6.92 Å². The van der Waals surface area contributed by atoms with Crippen LogP contribution in [0.4, 0.5) is 0 Å². The number of hydrogen-bond acceptors (Lipinski definition) is 1. The predicted molar refractivity (Wildman–Crippen MR) is 61.1 cm³/mol. The van der Waals surface area contributed by atoms with E-state index in [1.54, 1.807) is 0 Å². The van der Waals surface area contributed by atoms with Crippen LogP contribution in [-0.4, -0.2) is 6.04 Å². The standard InChI is InChI=1S/C13H25N/c1-2-4-10-7-8-13(14)12(9-10)11-5-3-6-11/h10-13H,2-9,14H2,1H3. The quantitative estimate of drug-likeness (QED) is 0.734. The molecule has 3 unspecified atom stereocenters. The van der Waals surface area contributed by atoms with Crippen LogP contribution in [0.1, 0.15) is 58.3 Å². The summed E-state index contributed by atoms with van der Waals surface area (Å²) in [6, 6.07) is 0.536. The van der Waals surface area contributed by atoms with E-state index in [0.29, 0.717) is 6.04 Å². The molecule has 0 heterocycles. The third-order valence-electron chi connectivity index (χ3n) is 4.52. The highest BCUT2D eigenvalue weighted by atomic mass is 14.7. The topological polar surface area (TPSA) is 26.0 Å². The summed E-state index contributed by atoms with van der Waals surface area (Å²) in [7, 11) is 0. The number of nitrogens with two attached hydrogens (primary N) is 1. The maximum Gasteiger partial charge on any atom is 0.00700 e. The largest absolute Gasteiger partial charge is 0.327 e. The van der Waals surface area contributed by atoms with Crippen molar-refractivity contribution in [2.45, 2.75) is 64.3 Å². The van der Waals surface area contributed by atoms with Crippen LogP contribution in [0.3, 0.4) is 0 Å². The van der Waals surface area contributed by atoms with Crippen LogP contribution in [0.5, 0.6) is 0 Å². The van der Waals surface area contributed by atoms with Gasteiger partial charge in [-0.3, -0.25) is 0 Å². The third-order valence-corrected chi connectivity index (χ3v) is 4.52. The van der Waals surface area contributed by atoms with Crippen molar-refractivity contribution in [3.63, 3.8) is 0 Å². The summed E-state index contributed by atoms with van der Waals surface area (Å²) in [6.45, 7) is 2.31. The molecule has 0 radical (unpaired) electrons. The Labute approximate surface area is 88.4 Å². The van der Waals surface area contributed by atoms with Crippen molar-refractivity contribution >= 4 is 0 Å². The van der Waals surface area contributed by atoms with Crippen molar-refractivity contribution < 1.29 is 0 Å². The van der Waals surface area contributed by atoms with Gasteiger partial charge in [0.15, 0.2) is 0 Å². The van der Waals surface area contributed by atoms with E-state index >= 15 is 0 Å². The van der Waals surface area contributed by atoms with Crippen molar-refractivity contribution in [3.05, 3.63) is 0 Å². The lowest BCUT2D eigenvalue weighted by molar-refractivity contribution is 0.108. The van der Waals surface area contributed by atoms with Crippen LogP contribution in [0.25, 0.3) is 0 Å². The van der Waals surface area contributed by atoms with Gasteiger partial charge < -0.3 is 5.73 Å². The van der Waals surface area contributed by atoms with Crippen LogP contribution in [0.15, 0.2) is 0 Å². The SMILES string of the molecule is CCCC1CCC(N)C(C2CCC2)C1. The van der Waals surface area contributed by atoms with Crippen LogP contribution in [-0.2, 0) is 0 Å². The summed E-state index contributed by atoms with van der Waals surface area (Å²) in [5.74, 6) is 2.89. The Hall–Kier alpha value is -0.0400. The molecule has 2 fully saturated rings. The van der Waals surface area contributed by atoms with Crippen molar-refractivity contribution in [1.29, 1.82) is 0 Å². The van der Waals surface area contributed by atoms with Gasteiger partial charge in [0.25, 0.3) is 0 Å². The molecule has 2 aliphatic carbocycles. The molecule has 1 nitrogen and oxygen atoms in total. The third kappa shape index (κ3) is 2.13. The van der Waals surface area contributed by atoms with E-state index in [1.807, 2.05) is 0 Å². The molecule has 2 rings (SSSR count). The normalized spacial score (nSPS) is 39.4. The van der Waals surface area contributed by atoms with E-state index in [4.69, 9.17) is 5.73 Å². The van der Waals surface area contributed by atoms with E-state index in [1.165, 1.54) is 51.4 Å². The lowest BCUT2D eigenvalue weighted by Gasteiger charge is -2.42. The predicted octanol–water partition coefficient (Wildman–Crippen LogP) is 3.33. The van der Waals surface area contributed by atoms with Gasteiger partial charge in [0.2, 0.25) is 0 Å². The lowest BCUT2D eigenvalue weighted by atomic mass is 9.65. The highest BCUT2D eigenvalue weighted by Gasteiger charge is 2.35. The molecule has 1 heteroatoms. The summed E-state index contributed by atoms with van der Waals surface area (Å²) >= 11 is 0. The molecule has 14 heavy (non-hydrogen) atoms. The molecule has 0 aromatic carbocycles. The van der Waals surface area contributed by atoms with Crippen LogP contribution in [0.2, 0.25) is 0 Å². The maximum absolute atomic E-state index is 6.25. The number of rotatable bonds is 3. The second kappa shape index (κ2) is 4.65. The molecule has 0 aliphatic heterocycles. The Bertz CT molecular complexity index is 172. The summed E-state index contributed by atoms with van der Waals surface area (Å²) in [6.07, 6.45) is 11.3. The molecule has 2 aliphatic rings. The minimum absolute atomic E-state index is 0.536. The van der Waals surface area contributed by atoms with Crippen LogP contribution < -0.4 is 5.73 Å². The molecule has 3 atom stereocenters. The van der Waals surface area contributed by atoms with E-state index in [9.17, 15) is 0 Å². The highest BCUT2D eigenvalue weighted by Crippen LogP contribution is 2.43. The first-order valence-corrected chi connectivity index (χ1v) is 6.56. The molecular weight excluding hydrogens is 170 g/mol. The van der Waals surface area contributed by atoms with Crippen molar-refractivity contribution in [3.8, 4) is 0 Å². The first kappa shape index (κ1) is 10.5. The smallest absolute Gasteiger partial charge is 0.00700 e. The summed E-state index contributed by atoms with van der Waals surface area (Å²) < 4.78 is 0. The Morgan fingerprint density at radius 2 is 1.93 bits per heavy atom. The molecule has 2 N–H and O–H groups in total. The fraction of sp³-hybridized carbons (Fsp3) is 1.00. The second-order valence-electron chi connectivity index (χ2n) is 5.49. The van der Waals surface area contributed by atoms with Gasteiger partial charge in [-0.05, 0) is 37.0 Å². The van der Waals surface area contributed by atoms with Gasteiger partial charge in [0.05, 0.1) is 0 Å². The minimum Gasteiger partial charge on any atom is -0.327 e. The molecule has 0 amide bonds. The van der Waals surface area contributed by atoms with Crippen molar-refractivity contribution in [2.24, 2.45) is 23.5 Å². The molecule has 82 valence electrons. The summed E-state index contributed by atoms with van der Waals surface area (Å²) in [5.41, 5.74) is 6.25. The highest BCUT2D eigenvalue weighted by molar-refractivity contribution is 4.89. The first-order valence-electron chi connectivity index (χ1n) is 6.56. The minimum atomic E-state index is 0.536. The van der Waals surface area contributed by atoms with E-state index < -0.39 is 0 Å². The van der Waals surface area contributed by atoms with Crippen molar-refractivity contribution in [1.82, 2.24) is 0 Å². The average Bonchev–Trinajstić information content (AvgIpc) is 2.08. The van der Waals surface area contributed by atoms with Gasteiger partial charge in [-0.25, -0.2) is 0 Å². The van der Waals surface area contributed by atoms with E-state index in [0.717, 1.165) is 17.8 Å². The zero-order valence-corrected chi connectivity index (χ0v) is 9.54. The zero-order chi connectivity index (χ0) is 9.97. The Morgan fingerprint density at radius 3 is 2.50 bits per heavy atom. The first-order chi connectivity index (χ1) is 6.81. The van der Waals surface area contributed by atoms with Crippen LogP contribution >= 0.6 is 0 Å². The van der Waals surface area contributed by atoms with Crippen molar-refractivity contribution in [2.75, 3.05) is 0 Å². The van der Waals surface area contributed by atoms with Gasteiger partial charge in [0, 0.05) is 6.04 Å². The van der Waals surface area contributed by atoms with Gasteiger partial charge in [0.1, 0.15) is 0 Å². The fourth-order valence-corrected chi connectivity index (χ4v) is 3.40. The van der Waals surface area contributed by atoms with Gasteiger partial charge in [-0.15, -0.1) is 0 Å². The van der Waals surface area contributed by atoms with Gasteiger partial charge in [-0.1, -0.05) is 39.0 Å². The Balaban J connectivity index is 1.86. The Morgan fingerprint density at radius 1 is 1.14 bits per heavy atom. The zero-order valence-electron chi connectivity index (χ0n) is 9.54. The second-order valence-corrected chi connectivity index (χ2v) is 5.49. The fourth-order valence-electron chi connectivity index (χ4n) is 3.40. The monoisotopic (exact) mass is 195 g/mol. The molecule has 0 spiro atoms. The lowest BCUT2D eigenvalue weighted by Crippen LogP contribution is -2.42. The summed E-state index contributed by atoms with van der Waals surface area (Å²) in [5, 5.41) is 0. The molecule has 0 saturated heterocycles. The molecule has 0 aromatic heterocycles.